The van der Waals surface area contributed by atoms with Crippen LogP contribution in [0.5, 0.6) is 0 Å². The van der Waals surface area contributed by atoms with Crippen LogP contribution in [0.15, 0.2) is 30.3 Å². The quantitative estimate of drug-likeness (QED) is 0.377. The van der Waals surface area contributed by atoms with Crippen LogP contribution in [0.25, 0.3) is 0 Å². The van der Waals surface area contributed by atoms with E-state index in [1.807, 2.05) is 0 Å². The normalized spacial score (nSPS) is 25.5. The third-order valence-electron chi connectivity index (χ3n) is 4.15. The fourth-order valence-corrected chi connectivity index (χ4v) is 2.78. The number of carbonyl (C=O) groups excluding carboxylic acids is 4. The number of rotatable bonds is 5. The molecule has 0 aromatic heterocycles. The van der Waals surface area contributed by atoms with E-state index in [9.17, 15) is 29.4 Å². The van der Waals surface area contributed by atoms with E-state index in [0.717, 1.165) is 0 Å². The molecule has 138 valence electrons. The Morgan fingerprint density at radius 1 is 1.30 bits per heavy atom. The van der Waals surface area contributed by atoms with Gasteiger partial charge in [0.2, 0.25) is 0 Å². The number of hydroxylamine groups is 2. The van der Waals surface area contributed by atoms with Crippen LogP contribution in [-0.4, -0.2) is 52.3 Å². The summed E-state index contributed by atoms with van der Waals surface area (Å²) in [4.78, 5) is 52.4. The number of carboxylic acids is 1. The van der Waals surface area contributed by atoms with Crippen molar-refractivity contribution in [3.63, 3.8) is 0 Å². The van der Waals surface area contributed by atoms with Crippen LogP contribution in [0.3, 0.4) is 0 Å². The van der Waals surface area contributed by atoms with Crippen molar-refractivity contribution < 1.29 is 68.5 Å². The van der Waals surface area contributed by atoms with Gasteiger partial charge in [0, 0.05) is 6.42 Å². The third kappa shape index (κ3) is 3.99. The van der Waals surface area contributed by atoms with Crippen molar-refractivity contribution in [2.24, 2.45) is 0 Å². The summed E-state index contributed by atoms with van der Waals surface area (Å²) in [7, 11) is 0. The Hall–Kier alpha value is -1.98. The van der Waals surface area contributed by atoms with Crippen molar-refractivity contribution >= 4 is 23.8 Å². The van der Waals surface area contributed by atoms with E-state index in [4.69, 9.17) is 9.57 Å². The number of cyclic esters (lactones) is 1. The van der Waals surface area contributed by atoms with E-state index >= 15 is 0 Å². The van der Waals surface area contributed by atoms with Gasteiger partial charge in [0.25, 0.3) is 17.5 Å². The molecule has 1 aromatic carbocycles. The van der Waals surface area contributed by atoms with Gasteiger partial charge in [-0.05, 0) is 5.56 Å². The standard InChI is InChI=1S/C16H16N2O8.Na/c19-11-6-7-16(26-11,15(23)24)18-14(22)10(8-25-18)17-13(21)12(20)9-4-2-1-3-5-9;/h1-5,10,12,20H,6-8H2,(H,17,21)(H,23,24);/q;+1/p-1/t10-,12+,16?;/m0./s1. The van der Waals surface area contributed by atoms with Crippen LogP contribution in [0.2, 0.25) is 0 Å². The van der Waals surface area contributed by atoms with Gasteiger partial charge in [0.05, 0.1) is 6.42 Å². The zero-order valence-corrected chi connectivity index (χ0v) is 16.4. The number of benzene rings is 1. The molecule has 2 amide bonds. The molecule has 2 aliphatic heterocycles. The summed E-state index contributed by atoms with van der Waals surface area (Å²) in [6.45, 7) is -0.376. The van der Waals surface area contributed by atoms with Gasteiger partial charge in [0.1, 0.15) is 18.6 Å². The van der Waals surface area contributed by atoms with Gasteiger partial charge in [0.15, 0.2) is 6.10 Å². The molecule has 0 aliphatic carbocycles. The molecule has 3 rings (SSSR count). The number of ether oxygens (including phenoxy) is 1. The van der Waals surface area contributed by atoms with Crippen molar-refractivity contribution in [1.29, 1.82) is 0 Å². The number of nitrogens with one attached hydrogen (secondary N) is 1. The molecule has 1 aromatic rings. The summed E-state index contributed by atoms with van der Waals surface area (Å²) in [6, 6.07) is 6.81. The number of esters is 1. The topological polar surface area (TPSA) is 145 Å². The Bertz CT molecular complexity index is 758. The summed E-state index contributed by atoms with van der Waals surface area (Å²) in [5.41, 5.74) is -2.03. The first-order valence-corrected chi connectivity index (χ1v) is 7.79. The molecule has 10 nitrogen and oxygen atoms in total. The molecule has 0 spiro atoms. The average Bonchev–Trinajstić information content (AvgIpc) is 3.19. The smallest absolute Gasteiger partial charge is 0.544 e. The number of aliphatic carboxylic acids is 1. The number of carbonyl (C=O) groups is 4. The van der Waals surface area contributed by atoms with Crippen LogP contribution in [0.1, 0.15) is 24.5 Å². The number of nitrogens with zero attached hydrogens (tertiary/aromatic N) is 1. The zero-order chi connectivity index (χ0) is 18.9. The monoisotopic (exact) mass is 386 g/mol. The molecule has 2 heterocycles. The molecule has 3 atom stereocenters. The van der Waals surface area contributed by atoms with E-state index in [1.165, 1.54) is 12.1 Å². The minimum atomic E-state index is -2.36. The molecule has 0 bridgehead atoms. The maximum absolute atomic E-state index is 12.4. The molecule has 27 heavy (non-hydrogen) atoms. The average molecular weight is 386 g/mol. The van der Waals surface area contributed by atoms with Gasteiger partial charge < -0.3 is 25.1 Å². The second-order valence-electron chi connectivity index (χ2n) is 5.85. The molecular formula is C16H15N2NaO8. The molecule has 2 fully saturated rings. The van der Waals surface area contributed by atoms with Crippen LogP contribution < -0.4 is 40.0 Å². The summed E-state index contributed by atoms with van der Waals surface area (Å²) in [5, 5.41) is 24.2. The molecule has 2 aliphatic rings. The minimum absolute atomic E-state index is 0. The predicted octanol–water partition coefficient (Wildman–Crippen LogP) is -5.23. The first kappa shape index (κ1) is 21.3. The van der Waals surface area contributed by atoms with Crippen molar-refractivity contribution in [1.82, 2.24) is 10.4 Å². The maximum atomic E-state index is 12.4. The van der Waals surface area contributed by atoms with Gasteiger partial charge >= 0.3 is 35.5 Å². The van der Waals surface area contributed by atoms with Gasteiger partial charge in [-0.1, -0.05) is 30.3 Å². The number of aliphatic hydroxyl groups excluding tert-OH is 1. The van der Waals surface area contributed by atoms with E-state index in [2.05, 4.69) is 5.32 Å². The second-order valence-corrected chi connectivity index (χ2v) is 5.85. The third-order valence-corrected chi connectivity index (χ3v) is 4.15. The molecule has 1 unspecified atom stereocenters. The SMILES string of the molecule is O=C1CCC(C(=O)[O-])(N2OC[C@H](NC(=O)[C@H](O)c3ccccc3)C2=O)O1.[Na+]. The van der Waals surface area contributed by atoms with Crippen molar-refractivity contribution in [2.45, 2.75) is 30.7 Å². The Labute approximate surface area is 175 Å². The predicted molar refractivity (Wildman–Crippen MR) is 79.2 cm³/mol. The molecular weight excluding hydrogens is 371 g/mol. The Kier molecular flexibility index (Phi) is 6.60. The van der Waals surface area contributed by atoms with Crippen LogP contribution in [0, 0.1) is 0 Å². The number of hydrogen-bond acceptors (Lipinski definition) is 8. The maximum Gasteiger partial charge on any atom is 1.00 e. The number of amides is 2. The summed E-state index contributed by atoms with van der Waals surface area (Å²) in [5.74, 6) is -4.38. The Morgan fingerprint density at radius 3 is 2.52 bits per heavy atom. The number of carboxylic acid groups (broad SMARTS) is 1. The van der Waals surface area contributed by atoms with Gasteiger partial charge in [-0.3, -0.25) is 19.2 Å². The van der Waals surface area contributed by atoms with E-state index in [1.54, 1.807) is 18.2 Å². The van der Waals surface area contributed by atoms with Gasteiger partial charge in [-0.15, -0.1) is 0 Å². The van der Waals surface area contributed by atoms with Crippen molar-refractivity contribution in [2.75, 3.05) is 6.61 Å². The number of hydrogen-bond donors (Lipinski definition) is 2. The van der Waals surface area contributed by atoms with Crippen LogP contribution in [0.4, 0.5) is 0 Å². The first-order valence-electron chi connectivity index (χ1n) is 7.79. The largest absolute Gasteiger partial charge is 1.00 e. The van der Waals surface area contributed by atoms with Crippen LogP contribution in [-0.2, 0) is 28.8 Å². The summed E-state index contributed by atoms with van der Waals surface area (Å²) in [6.07, 6.45) is -2.06. The molecule has 0 saturated carbocycles. The van der Waals surface area contributed by atoms with Crippen molar-refractivity contribution in [3.8, 4) is 0 Å². The Balaban J connectivity index is 0.00000261. The molecule has 2 saturated heterocycles. The fourth-order valence-electron chi connectivity index (χ4n) is 2.78. The first-order chi connectivity index (χ1) is 12.3. The van der Waals surface area contributed by atoms with E-state index in [0.29, 0.717) is 10.6 Å². The van der Waals surface area contributed by atoms with Gasteiger partial charge in [-0.2, -0.15) is 5.06 Å². The zero-order valence-electron chi connectivity index (χ0n) is 14.4. The van der Waals surface area contributed by atoms with Crippen LogP contribution >= 0.6 is 0 Å². The van der Waals surface area contributed by atoms with E-state index < -0.39 is 41.6 Å². The summed E-state index contributed by atoms with van der Waals surface area (Å²) < 4.78 is 4.75. The molecule has 0 radical (unpaired) electrons. The number of aliphatic hydroxyl groups is 1. The molecule has 11 heteroatoms. The Morgan fingerprint density at radius 2 is 1.96 bits per heavy atom. The van der Waals surface area contributed by atoms with E-state index in [-0.39, 0.29) is 49.0 Å². The fraction of sp³-hybridized carbons (Fsp3) is 0.375. The second kappa shape index (κ2) is 8.36. The van der Waals surface area contributed by atoms with Gasteiger partial charge in [-0.25, -0.2) is 0 Å². The molecule has 2 N–H and O–H groups in total. The summed E-state index contributed by atoms with van der Waals surface area (Å²) >= 11 is 0. The minimum Gasteiger partial charge on any atom is -0.544 e. The van der Waals surface area contributed by atoms with Crippen molar-refractivity contribution in [3.05, 3.63) is 35.9 Å².